The van der Waals surface area contributed by atoms with E-state index in [4.69, 9.17) is 15.8 Å². The summed E-state index contributed by atoms with van der Waals surface area (Å²) in [5.41, 5.74) is 10.4. The molecule has 10 fully saturated rings. The molecule has 15 rings (SSSR count). The van der Waals surface area contributed by atoms with E-state index in [2.05, 4.69) is 50.6 Å². The van der Waals surface area contributed by atoms with Crippen molar-refractivity contribution in [2.24, 2.45) is 29.4 Å². The van der Waals surface area contributed by atoms with E-state index in [0.717, 1.165) is 78.5 Å². The fourth-order valence-electron chi connectivity index (χ4n) is 19.0. The van der Waals surface area contributed by atoms with Gasteiger partial charge in [-0.1, -0.05) is 94.5 Å². The van der Waals surface area contributed by atoms with E-state index >= 15 is 0 Å². The standard InChI is InChI=1S/C32H45N5O3.C30H41N5O3.C6H10BN.CH4O/c1-34(2)28-19-35(29(28)32(39)40)30-31(38)37(27-13-6-5-12-26(27)33-30)25-17-22-10-7-11-23(18-25)36(22)24-15-20-8-3-4-9-21(14-20)16-24;31-24-17-33(27(24)30(37)38)28-29(36)35(26-11-4-3-10-25(26)32-28)23-15-20-8-5-9-21(16-23)34(20)22-13-18-6-1-2-7-19(12-18)14-22;1-6-4-2-3-5-8(6)7;1-2/h5-6,12-13,20-25,28-29H,3-4,7-11,14-19H2,1-2H3,(H,39,40);3-4,10-11,18-24,27H,1-2,5-9,12-17,31H2,(H,37,38);2-5H,1,7H3;2H,1H3/t20?,21?,22-,23+,24?,25?,28-,29+;18?,19?,20-,21+,22?,23?,24-,27+;;/m11../s1. The molecular formula is C69H100BN11O7. The molecule has 19 heteroatoms. The molecule has 5 aromatic rings. The lowest BCUT2D eigenvalue weighted by Gasteiger charge is -2.54. The molecule has 0 radical (unpaired) electrons. The van der Waals surface area contributed by atoms with E-state index in [1.807, 2.05) is 76.7 Å². The second-order valence-corrected chi connectivity index (χ2v) is 28.1. The van der Waals surface area contributed by atoms with Crippen LogP contribution < -0.4 is 31.1 Å². The van der Waals surface area contributed by atoms with Crippen LogP contribution in [0.4, 0.5) is 11.6 Å². The first kappa shape index (κ1) is 62.5. The quantitative estimate of drug-likeness (QED) is 0.106. The maximum absolute atomic E-state index is 14.3. The van der Waals surface area contributed by atoms with Crippen molar-refractivity contribution in [3.8, 4) is 0 Å². The third-order valence-corrected chi connectivity index (χ3v) is 22.6. The highest BCUT2D eigenvalue weighted by molar-refractivity contribution is 5.94. The number of hydrogen-bond acceptors (Lipinski definition) is 13. The van der Waals surface area contributed by atoms with Gasteiger partial charge in [0.05, 0.1) is 34.2 Å². The lowest BCUT2D eigenvalue weighted by atomic mass is 9.73. The number of piperidine rings is 4. The average Bonchev–Trinajstić information content (AvgIpc) is 0.915. The Morgan fingerprint density at radius 1 is 0.523 bits per heavy atom. The van der Waals surface area contributed by atoms with Gasteiger partial charge >= 0.3 is 11.9 Å². The van der Waals surface area contributed by atoms with E-state index < -0.39 is 30.1 Å². The Morgan fingerprint density at radius 2 is 0.920 bits per heavy atom. The van der Waals surface area contributed by atoms with E-state index in [-0.39, 0.29) is 35.1 Å². The van der Waals surface area contributed by atoms with Crippen molar-refractivity contribution in [3.05, 3.63) is 99.3 Å². The number of anilines is 2. The van der Waals surface area contributed by atoms with Gasteiger partial charge in [-0.2, -0.15) is 0 Å². The number of carbonyl (C=O) groups is 2. The lowest BCUT2D eigenvalue weighted by molar-refractivity contribution is -0.529. The number of benzene rings is 2. The molecule has 18 nitrogen and oxygen atoms in total. The molecule has 14 atom stereocenters. The SMILES string of the molecule is CN(C)[C@@H]1CN(c2nc3ccccc3n(C3C[C@H]4CCC[C@@H](C3)N4C3CC4CCCCC(C4)C3)c2=O)[C@@H]1C(=O)O.CO.N[C@@H]1CN(c2nc3ccccc3n(C3C[C@H]4CCC[C@@H](C3)N4C3CC4CCCCC(C4)C3)c2=O)[C@@H]1C(=O)O.[BH3-][n+]1ccccc1C. The number of pyridine rings is 1. The number of carboxylic acids is 2. The second kappa shape index (κ2) is 27.0. The molecule has 0 amide bonds. The van der Waals surface area contributed by atoms with Gasteiger partial charge in [-0.3, -0.25) is 19.4 Å². The Bertz CT molecular complexity index is 3320. The summed E-state index contributed by atoms with van der Waals surface area (Å²) >= 11 is 0. The molecule has 9 heterocycles. The second-order valence-electron chi connectivity index (χ2n) is 28.1. The van der Waals surface area contributed by atoms with Crippen LogP contribution in [0.5, 0.6) is 0 Å². The summed E-state index contributed by atoms with van der Waals surface area (Å²) in [7, 11) is 5.14. The first-order valence-corrected chi connectivity index (χ1v) is 33.6. The van der Waals surface area contributed by atoms with Gasteiger partial charge in [-0.05, 0) is 164 Å². The first-order valence-electron chi connectivity index (χ1n) is 33.6. The number of nitrogens with two attached hydrogens (primary N) is 1. The van der Waals surface area contributed by atoms with Crippen LogP contribution in [-0.4, -0.2) is 164 Å². The number of fused-ring (bicyclic) bond motifs is 10. The molecule has 3 aromatic heterocycles. The maximum atomic E-state index is 14.3. The molecule has 10 aliphatic rings. The molecule has 4 saturated carbocycles. The Labute approximate surface area is 520 Å². The minimum atomic E-state index is -0.999. The van der Waals surface area contributed by atoms with E-state index in [1.165, 1.54) is 134 Å². The first-order chi connectivity index (χ1) is 42.7. The number of rotatable bonds is 9. The number of aromatic nitrogens is 5. The maximum Gasteiger partial charge on any atom is 0.328 e. The molecule has 2 aromatic carbocycles. The van der Waals surface area contributed by atoms with Gasteiger partial charge in [0.25, 0.3) is 11.1 Å². The van der Waals surface area contributed by atoms with E-state index in [0.29, 0.717) is 63.1 Å². The van der Waals surface area contributed by atoms with E-state index in [9.17, 15) is 29.4 Å². The van der Waals surface area contributed by atoms with Gasteiger partial charge < -0.3 is 49.4 Å². The van der Waals surface area contributed by atoms with Crippen molar-refractivity contribution < 1.29 is 29.4 Å². The number of aliphatic carboxylic acids is 2. The molecule has 476 valence electrons. The normalized spacial score (nSPS) is 33.6. The van der Waals surface area contributed by atoms with Crippen LogP contribution in [0.1, 0.15) is 172 Å². The minimum absolute atomic E-state index is 0.102. The predicted octanol–water partition coefficient (Wildman–Crippen LogP) is 7.45. The van der Waals surface area contributed by atoms with Crippen LogP contribution in [-0.2, 0) is 9.59 Å². The van der Waals surface area contributed by atoms with Crippen LogP contribution in [0.3, 0.4) is 0 Å². The highest BCUT2D eigenvalue weighted by atomic mass is 16.4. The number of nitrogens with zero attached hydrogens (tertiary/aromatic N) is 10. The van der Waals surface area contributed by atoms with Crippen LogP contribution in [0, 0.1) is 30.6 Å². The topological polar surface area (TPSA) is 211 Å². The van der Waals surface area contributed by atoms with Crippen molar-refractivity contribution in [1.82, 2.24) is 33.8 Å². The summed E-state index contributed by atoms with van der Waals surface area (Å²) in [6.07, 6.45) is 33.2. The number of para-hydroxylation sites is 4. The van der Waals surface area contributed by atoms with Gasteiger partial charge in [0.1, 0.15) is 24.0 Å². The molecule has 6 unspecified atom stereocenters. The zero-order chi connectivity index (χ0) is 61.5. The van der Waals surface area contributed by atoms with Crippen LogP contribution in [0.15, 0.2) is 82.5 Å². The van der Waals surface area contributed by atoms with Crippen LogP contribution in [0.2, 0.25) is 0 Å². The zero-order valence-electron chi connectivity index (χ0n) is 52.1. The number of likely N-dealkylation sites (N-methyl/N-ethyl adjacent to an activating group) is 1. The molecule has 8 bridgehead atoms. The largest absolute Gasteiger partial charge is 0.480 e. The molecule has 0 spiro atoms. The van der Waals surface area contributed by atoms with Crippen molar-refractivity contribution in [2.45, 2.75) is 234 Å². The van der Waals surface area contributed by atoms with Gasteiger partial charge in [0, 0.05) is 75.5 Å². The fraction of sp³-hybridized carbons (Fsp3) is 0.667. The molecule has 4 aliphatic carbocycles. The van der Waals surface area contributed by atoms with Crippen molar-refractivity contribution >= 4 is 53.6 Å². The van der Waals surface area contributed by atoms with Gasteiger partial charge in [-0.25, -0.2) is 19.6 Å². The smallest absolute Gasteiger partial charge is 0.328 e. The molecule has 88 heavy (non-hydrogen) atoms. The van der Waals surface area contributed by atoms with Crippen molar-refractivity contribution in [3.63, 3.8) is 0 Å². The summed E-state index contributed by atoms with van der Waals surface area (Å²) in [5.74, 6) is 2.25. The Morgan fingerprint density at radius 3 is 1.28 bits per heavy atom. The van der Waals surface area contributed by atoms with E-state index in [1.54, 1.807) is 9.80 Å². The fourth-order valence-corrected chi connectivity index (χ4v) is 19.0. The molecule has 6 saturated heterocycles. The average molecular weight is 1210 g/mol. The van der Waals surface area contributed by atoms with Crippen molar-refractivity contribution in [2.75, 3.05) is 44.1 Å². The number of aliphatic hydroxyl groups excluding tert-OH is 1. The number of carboxylic acid groups (broad SMARTS) is 2. The third kappa shape index (κ3) is 12.5. The van der Waals surface area contributed by atoms with Crippen LogP contribution in [0.25, 0.3) is 22.1 Å². The Kier molecular flexibility index (Phi) is 19.2. The van der Waals surface area contributed by atoms with Crippen molar-refractivity contribution in [1.29, 1.82) is 0 Å². The summed E-state index contributed by atoms with van der Waals surface area (Å²) in [6.45, 7) is 2.98. The number of aryl methyl sites for hydroxylation is 1. The summed E-state index contributed by atoms with van der Waals surface area (Å²) in [5, 5.41) is 26.8. The number of hydrogen-bond donors (Lipinski definition) is 4. The monoisotopic (exact) mass is 1210 g/mol. The van der Waals surface area contributed by atoms with Gasteiger partial charge in [-0.15, -0.1) is 0 Å². The van der Waals surface area contributed by atoms with Gasteiger partial charge in [0.15, 0.2) is 11.6 Å². The Balaban J connectivity index is 0.000000148. The summed E-state index contributed by atoms with van der Waals surface area (Å²) in [6, 6.07) is 23.5. The van der Waals surface area contributed by atoms with Crippen LogP contribution >= 0.6 is 0 Å². The molecular weight excluding hydrogens is 1110 g/mol. The number of aliphatic hydroxyl groups is 1. The highest BCUT2D eigenvalue weighted by Crippen LogP contribution is 2.49. The van der Waals surface area contributed by atoms with Gasteiger partial charge in [0.2, 0.25) is 7.98 Å². The molecule has 6 aliphatic heterocycles. The predicted molar refractivity (Wildman–Crippen MR) is 349 cm³/mol. The third-order valence-electron chi connectivity index (χ3n) is 22.6. The lowest BCUT2D eigenvalue weighted by Crippen LogP contribution is -2.69. The Hall–Kier alpha value is -5.73. The molecule has 5 N–H and O–H groups in total. The summed E-state index contributed by atoms with van der Waals surface area (Å²) < 4.78 is 6.33. The highest BCUT2D eigenvalue weighted by Gasteiger charge is 2.51. The minimum Gasteiger partial charge on any atom is -0.480 e. The summed E-state index contributed by atoms with van der Waals surface area (Å²) in [4.78, 5) is 73.1. The zero-order valence-corrected chi connectivity index (χ0v) is 52.1.